The summed E-state index contributed by atoms with van der Waals surface area (Å²) in [6, 6.07) is 0. The fourth-order valence-corrected chi connectivity index (χ4v) is 1.02. The second-order valence-electron chi connectivity index (χ2n) is 2.90. The highest BCUT2D eigenvalue weighted by Gasteiger charge is 2.09. The van der Waals surface area contributed by atoms with Crippen molar-refractivity contribution in [3.05, 3.63) is 12.8 Å². The molecule has 0 aromatic rings. The van der Waals surface area contributed by atoms with E-state index < -0.39 is 5.24 Å². The van der Waals surface area contributed by atoms with Gasteiger partial charge in [0.05, 0.1) is 19.5 Å². The average Bonchev–Trinajstić information content (AvgIpc) is 2.22. The molecule has 0 amide bonds. The van der Waals surface area contributed by atoms with E-state index in [1.54, 1.807) is 0 Å². The molecule has 0 aliphatic heterocycles. The van der Waals surface area contributed by atoms with Gasteiger partial charge in [-0.3, -0.25) is 4.79 Å². The van der Waals surface area contributed by atoms with E-state index in [0.29, 0.717) is 19.6 Å². The lowest BCUT2D eigenvalue weighted by Gasteiger charge is -2.09. The van der Waals surface area contributed by atoms with Gasteiger partial charge in [0.2, 0.25) is 5.24 Å². The zero-order valence-electron chi connectivity index (χ0n) is 8.49. The first-order valence-electron chi connectivity index (χ1n) is 4.64. The Balaban J connectivity index is 3.48. The molecule has 0 saturated heterocycles. The van der Waals surface area contributed by atoms with Gasteiger partial charge in [-0.2, -0.15) is 0 Å². The predicted molar refractivity (Wildman–Crippen MR) is 56.6 cm³/mol. The van der Waals surface area contributed by atoms with Crippen LogP contribution in [0.3, 0.4) is 0 Å². The van der Waals surface area contributed by atoms with Gasteiger partial charge in [-0.05, 0) is 18.0 Å². The van der Waals surface area contributed by atoms with Crippen LogP contribution in [0.1, 0.15) is 12.8 Å². The zero-order chi connectivity index (χ0) is 11.5. The van der Waals surface area contributed by atoms with E-state index in [9.17, 15) is 9.59 Å². The van der Waals surface area contributed by atoms with Crippen LogP contribution in [-0.4, -0.2) is 31.3 Å². The number of ether oxygens (including phenoxy) is 2. The molecule has 86 valence electrons. The summed E-state index contributed by atoms with van der Waals surface area (Å²) in [5, 5.41) is -0.433. The number of carbonyl (C=O) groups excluding carboxylic acids is 2. The van der Waals surface area contributed by atoms with Crippen molar-refractivity contribution in [2.75, 3.05) is 19.8 Å². The van der Waals surface area contributed by atoms with E-state index in [1.165, 1.54) is 6.26 Å². The molecule has 0 aromatic heterocycles. The molecule has 15 heavy (non-hydrogen) atoms. The fraction of sp³-hybridized carbons (Fsp3) is 0.600. The number of hydrogen-bond acceptors (Lipinski definition) is 4. The van der Waals surface area contributed by atoms with Gasteiger partial charge < -0.3 is 14.3 Å². The van der Waals surface area contributed by atoms with Gasteiger partial charge in [0.1, 0.15) is 12.9 Å². The second kappa shape index (κ2) is 9.68. The number of hydrogen-bond donors (Lipinski definition) is 0. The summed E-state index contributed by atoms with van der Waals surface area (Å²) in [5.41, 5.74) is 0. The normalized spacial score (nSPS) is 11.8. The van der Waals surface area contributed by atoms with Crippen molar-refractivity contribution >= 4 is 23.1 Å². The maximum Gasteiger partial charge on any atom is 0.221 e. The molecule has 0 heterocycles. The lowest BCUT2D eigenvalue weighted by Crippen LogP contribution is -2.14. The van der Waals surface area contributed by atoms with Gasteiger partial charge >= 0.3 is 0 Å². The Morgan fingerprint density at radius 2 is 2.20 bits per heavy atom. The minimum Gasteiger partial charge on any atom is -0.499 e. The third-order valence-corrected chi connectivity index (χ3v) is 1.89. The van der Waals surface area contributed by atoms with Gasteiger partial charge in [-0.25, -0.2) is 0 Å². The maximum atomic E-state index is 10.6. The summed E-state index contributed by atoms with van der Waals surface area (Å²) >= 11 is 5.15. The minimum atomic E-state index is -0.433. The van der Waals surface area contributed by atoms with Crippen molar-refractivity contribution in [3.8, 4) is 0 Å². The summed E-state index contributed by atoms with van der Waals surface area (Å²) in [4.78, 5) is 21.0. The van der Waals surface area contributed by atoms with E-state index >= 15 is 0 Å². The third-order valence-electron chi connectivity index (χ3n) is 1.70. The topological polar surface area (TPSA) is 52.6 Å². The molecule has 0 bridgehead atoms. The molecular formula is C10H15ClO4. The van der Waals surface area contributed by atoms with Crippen LogP contribution in [0.4, 0.5) is 0 Å². The van der Waals surface area contributed by atoms with E-state index in [2.05, 4.69) is 6.58 Å². The first kappa shape index (κ1) is 14.1. The molecule has 0 aliphatic rings. The molecule has 0 spiro atoms. The standard InChI is InChI=1S/C10H15ClO4/c1-2-14-5-6-15-8-9(7-12)3-4-10(11)13/h2,7,9H,1,3-6,8H2. The Hall–Kier alpha value is -0.870. The highest BCUT2D eigenvalue weighted by atomic mass is 35.5. The number of rotatable bonds is 10. The predicted octanol–water partition coefficient (Wildman–Crippen LogP) is 1.52. The molecule has 0 fully saturated rings. The van der Waals surface area contributed by atoms with Gasteiger partial charge in [-0.1, -0.05) is 6.58 Å². The van der Waals surface area contributed by atoms with Crippen LogP contribution in [0, 0.1) is 5.92 Å². The average molecular weight is 235 g/mol. The summed E-state index contributed by atoms with van der Waals surface area (Å²) in [5.74, 6) is -0.281. The summed E-state index contributed by atoms with van der Waals surface area (Å²) in [6.45, 7) is 4.46. The zero-order valence-corrected chi connectivity index (χ0v) is 9.24. The molecule has 0 saturated carbocycles. The monoisotopic (exact) mass is 234 g/mol. The Labute approximate surface area is 94.2 Å². The van der Waals surface area contributed by atoms with Crippen LogP contribution in [0.5, 0.6) is 0 Å². The molecule has 0 aliphatic carbocycles. The molecule has 0 rings (SSSR count). The summed E-state index contributed by atoms with van der Waals surface area (Å²) < 4.78 is 9.99. The summed E-state index contributed by atoms with van der Waals surface area (Å²) in [6.07, 6.45) is 2.71. The van der Waals surface area contributed by atoms with Crippen LogP contribution >= 0.6 is 11.6 Å². The minimum absolute atomic E-state index is 0.192. The largest absolute Gasteiger partial charge is 0.499 e. The van der Waals surface area contributed by atoms with Crippen molar-refractivity contribution < 1.29 is 19.1 Å². The van der Waals surface area contributed by atoms with Gasteiger partial charge in [-0.15, -0.1) is 0 Å². The van der Waals surface area contributed by atoms with Gasteiger partial charge in [0.15, 0.2) is 0 Å². The van der Waals surface area contributed by atoms with Crippen molar-refractivity contribution in [2.24, 2.45) is 5.92 Å². The molecule has 1 atom stereocenters. The quantitative estimate of drug-likeness (QED) is 0.249. The molecule has 0 N–H and O–H groups in total. The number of carbonyl (C=O) groups is 2. The van der Waals surface area contributed by atoms with Gasteiger partial charge in [0, 0.05) is 12.3 Å². The van der Waals surface area contributed by atoms with Crippen molar-refractivity contribution in [1.29, 1.82) is 0 Å². The SMILES string of the molecule is C=COCCOCC(C=O)CCC(=O)Cl. The summed E-state index contributed by atoms with van der Waals surface area (Å²) in [7, 11) is 0. The van der Waals surface area contributed by atoms with Crippen LogP contribution in [-0.2, 0) is 19.1 Å². The van der Waals surface area contributed by atoms with Crippen molar-refractivity contribution in [1.82, 2.24) is 0 Å². The Morgan fingerprint density at radius 3 is 2.73 bits per heavy atom. The lowest BCUT2D eigenvalue weighted by molar-refractivity contribution is -0.114. The number of halogens is 1. The smallest absolute Gasteiger partial charge is 0.221 e. The molecule has 1 unspecified atom stereocenters. The van der Waals surface area contributed by atoms with Crippen LogP contribution in [0.2, 0.25) is 0 Å². The third kappa shape index (κ3) is 9.43. The van der Waals surface area contributed by atoms with E-state index in [1.807, 2.05) is 0 Å². The molecule has 0 aromatic carbocycles. The maximum absolute atomic E-state index is 10.6. The van der Waals surface area contributed by atoms with Crippen molar-refractivity contribution in [2.45, 2.75) is 12.8 Å². The highest BCUT2D eigenvalue weighted by molar-refractivity contribution is 6.63. The van der Waals surface area contributed by atoms with E-state index in [-0.39, 0.29) is 18.9 Å². The fourth-order valence-electron chi connectivity index (χ4n) is 0.915. The van der Waals surface area contributed by atoms with Gasteiger partial charge in [0.25, 0.3) is 0 Å². The molecule has 5 heteroatoms. The van der Waals surface area contributed by atoms with Crippen LogP contribution in [0.25, 0.3) is 0 Å². The highest BCUT2D eigenvalue weighted by Crippen LogP contribution is 2.06. The lowest BCUT2D eigenvalue weighted by atomic mass is 10.1. The van der Waals surface area contributed by atoms with E-state index in [0.717, 1.165) is 6.29 Å². The Bertz CT molecular complexity index is 206. The van der Waals surface area contributed by atoms with Crippen LogP contribution in [0.15, 0.2) is 12.8 Å². The molecule has 4 nitrogen and oxygen atoms in total. The Morgan fingerprint density at radius 1 is 1.47 bits per heavy atom. The molecular weight excluding hydrogens is 220 g/mol. The first-order valence-corrected chi connectivity index (χ1v) is 5.02. The van der Waals surface area contributed by atoms with E-state index in [4.69, 9.17) is 21.1 Å². The van der Waals surface area contributed by atoms with Crippen molar-refractivity contribution in [3.63, 3.8) is 0 Å². The number of aldehydes is 1. The van der Waals surface area contributed by atoms with Crippen LogP contribution < -0.4 is 0 Å². The second-order valence-corrected chi connectivity index (χ2v) is 3.32. The first-order chi connectivity index (χ1) is 7.20. The Kier molecular flexibility index (Phi) is 9.11. The molecule has 0 radical (unpaired) electrons.